The molecule has 0 aliphatic carbocycles. The molecule has 0 radical (unpaired) electrons. The molecular formula is C14H24FNOS. The molecule has 3 atom stereocenters. The predicted molar refractivity (Wildman–Crippen MR) is 73.8 cm³/mol. The normalized spacial score (nSPS) is 40.2. The maximum absolute atomic E-state index is 14.7. The highest BCUT2D eigenvalue weighted by molar-refractivity contribution is 7.99. The Kier molecular flexibility index (Phi) is 4.16. The number of ether oxygens (including phenoxy) is 1. The van der Waals surface area contributed by atoms with Crippen molar-refractivity contribution in [2.24, 2.45) is 11.8 Å². The minimum Gasteiger partial charge on any atom is -0.374 e. The van der Waals surface area contributed by atoms with Crippen molar-refractivity contribution in [3.05, 3.63) is 0 Å². The summed E-state index contributed by atoms with van der Waals surface area (Å²) in [6.07, 6.45) is 4.45. The van der Waals surface area contributed by atoms with E-state index in [2.05, 4.69) is 5.32 Å². The maximum Gasteiger partial charge on any atom is 0.106 e. The van der Waals surface area contributed by atoms with Crippen LogP contribution >= 0.6 is 11.8 Å². The lowest BCUT2D eigenvalue weighted by Crippen LogP contribution is -2.45. The van der Waals surface area contributed by atoms with E-state index in [0.29, 0.717) is 5.92 Å². The van der Waals surface area contributed by atoms with Crippen LogP contribution in [0.2, 0.25) is 0 Å². The van der Waals surface area contributed by atoms with Crippen LogP contribution in [0.3, 0.4) is 0 Å². The number of hydrogen-bond donors (Lipinski definition) is 1. The lowest BCUT2D eigenvalue weighted by atomic mass is 9.77. The molecule has 3 heterocycles. The molecule has 3 aliphatic heterocycles. The van der Waals surface area contributed by atoms with Gasteiger partial charge in [0.1, 0.15) is 6.17 Å². The highest BCUT2D eigenvalue weighted by Crippen LogP contribution is 2.43. The van der Waals surface area contributed by atoms with Gasteiger partial charge in [-0.2, -0.15) is 11.8 Å². The van der Waals surface area contributed by atoms with E-state index < -0.39 is 6.17 Å². The molecule has 104 valence electrons. The molecule has 0 aromatic carbocycles. The lowest BCUT2D eigenvalue weighted by Gasteiger charge is -2.41. The van der Waals surface area contributed by atoms with Gasteiger partial charge in [-0.25, -0.2) is 4.39 Å². The fourth-order valence-corrected chi connectivity index (χ4v) is 5.13. The van der Waals surface area contributed by atoms with E-state index >= 15 is 0 Å². The molecule has 3 aliphatic rings. The molecular weight excluding hydrogens is 249 g/mol. The quantitative estimate of drug-likeness (QED) is 0.836. The van der Waals surface area contributed by atoms with E-state index in [1.54, 1.807) is 0 Å². The molecule has 0 amide bonds. The molecule has 0 saturated carbocycles. The average molecular weight is 273 g/mol. The van der Waals surface area contributed by atoms with Gasteiger partial charge < -0.3 is 10.1 Å². The van der Waals surface area contributed by atoms with Gasteiger partial charge in [0.15, 0.2) is 0 Å². The second-order valence-electron chi connectivity index (χ2n) is 6.12. The van der Waals surface area contributed by atoms with E-state index in [0.717, 1.165) is 57.6 Å². The van der Waals surface area contributed by atoms with Crippen molar-refractivity contribution in [2.45, 2.75) is 43.9 Å². The zero-order valence-corrected chi connectivity index (χ0v) is 11.8. The summed E-state index contributed by atoms with van der Waals surface area (Å²) in [5, 5.41) is 3.33. The molecule has 1 spiro atoms. The Morgan fingerprint density at radius 2 is 2.06 bits per heavy atom. The molecule has 3 saturated heterocycles. The lowest BCUT2D eigenvalue weighted by molar-refractivity contribution is -0.0980. The summed E-state index contributed by atoms with van der Waals surface area (Å²) in [5.74, 6) is 2.82. The standard InChI is InChI=1S/C14H24FNOS/c15-13(11-1-5-16-6-2-11)12-3-7-17-14(9-12)4-8-18-10-14/h11-13,16H,1-10H2. The summed E-state index contributed by atoms with van der Waals surface area (Å²) in [7, 11) is 0. The van der Waals surface area contributed by atoms with Crippen LogP contribution in [0.5, 0.6) is 0 Å². The summed E-state index contributed by atoms with van der Waals surface area (Å²) in [5.41, 5.74) is 0.0326. The van der Waals surface area contributed by atoms with Crippen molar-refractivity contribution in [2.75, 3.05) is 31.2 Å². The fraction of sp³-hybridized carbons (Fsp3) is 1.00. The highest BCUT2D eigenvalue weighted by atomic mass is 32.2. The number of alkyl halides is 1. The second kappa shape index (κ2) is 5.68. The second-order valence-corrected chi connectivity index (χ2v) is 7.22. The third kappa shape index (κ3) is 2.70. The Balaban J connectivity index is 1.60. The number of thioether (sulfide) groups is 1. The van der Waals surface area contributed by atoms with Crippen LogP contribution < -0.4 is 5.32 Å². The van der Waals surface area contributed by atoms with Crippen molar-refractivity contribution in [3.63, 3.8) is 0 Å². The van der Waals surface area contributed by atoms with Crippen molar-refractivity contribution in [1.82, 2.24) is 5.32 Å². The van der Waals surface area contributed by atoms with Gasteiger partial charge in [-0.1, -0.05) is 0 Å². The van der Waals surface area contributed by atoms with Gasteiger partial charge in [0, 0.05) is 12.4 Å². The number of piperidine rings is 1. The summed E-state index contributed by atoms with van der Waals surface area (Å²) >= 11 is 1.97. The first-order valence-electron chi connectivity index (χ1n) is 7.36. The minimum absolute atomic E-state index is 0.0326. The predicted octanol–water partition coefficient (Wildman–Crippen LogP) is 2.63. The van der Waals surface area contributed by atoms with E-state index in [1.165, 1.54) is 5.75 Å². The van der Waals surface area contributed by atoms with E-state index in [-0.39, 0.29) is 11.5 Å². The molecule has 0 bridgehead atoms. The van der Waals surface area contributed by atoms with Gasteiger partial charge in [0.2, 0.25) is 0 Å². The van der Waals surface area contributed by atoms with Gasteiger partial charge in [-0.3, -0.25) is 0 Å². The molecule has 2 nitrogen and oxygen atoms in total. The van der Waals surface area contributed by atoms with Crippen LogP contribution in [0.4, 0.5) is 4.39 Å². The Hall–Kier alpha value is 0.200. The van der Waals surface area contributed by atoms with Crippen molar-refractivity contribution < 1.29 is 9.13 Å². The monoisotopic (exact) mass is 273 g/mol. The molecule has 4 heteroatoms. The topological polar surface area (TPSA) is 21.3 Å². The van der Waals surface area contributed by atoms with Gasteiger partial charge in [-0.05, 0) is 62.8 Å². The van der Waals surface area contributed by atoms with Crippen molar-refractivity contribution in [3.8, 4) is 0 Å². The summed E-state index contributed by atoms with van der Waals surface area (Å²) in [6.45, 7) is 2.77. The van der Waals surface area contributed by atoms with Gasteiger partial charge in [0.25, 0.3) is 0 Å². The zero-order valence-electron chi connectivity index (χ0n) is 11.0. The molecule has 3 fully saturated rings. The summed E-state index contributed by atoms with van der Waals surface area (Å²) < 4.78 is 20.7. The smallest absolute Gasteiger partial charge is 0.106 e. The van der Waals surface area contributed by atoms with E-state index in [4.69, 9.17) is 4.74 Å². The molecule has 3 rings (SSSR count). The van der Waals surface area contributed by atoms with Gasteiger partial charge in [0.05, 0.1) is 5.60 Å². The van der Waals surface area contributed by atoms with Crippen LogP contribution in [-0.4, -0.2) is 43.0 Å². The first-order valence-corrected chi connectivity index (χ1v) is 8.51. The van der Waals surface area contributed by atoms with Gasteiger partial charge in [-0.15, -0.1) is 0 Å². The van der Waals surface area contributed by atoms with E-state index in [9.17, 15) is 4.39 Å². The number of halogens is 1. The third-order valence-electron chi connectivity index (χ3n) is 4.88. The SMILES string of the molecule is FC(C1CCNCC1)C1CCOC2(CCSC2)C1. The largest absolute Gasteiger partial charge is 0.374 e. The minimum atomic E-state index is -0.599. The zero-order chi connectivity index (χ0) is 12.4. The Morgan fingerprint density at radius 1 is 1.22 bits per heavy atom. The molecule has 0 aromatic rings. The van der Waals surface area contributed by atoms with Crippen LogP contribution in [0, 0.1) is 11.8 Å². The number of hydrogen-bond acceptors (Lipinski definition) is 3. The first kappa shape index (κ1) is 13.2. The first-order chi connectivity index (χ1) is 8.79. The van der Waals surface area contributed by atoms with E-state index in [1.807, 2.05) is 11.8 Å². The number of rotatable bonds is 2. The summed E-state index contributed by atoms with van der Waals surface area (Å²) in [4.78, 5) is 0. The summed E-state index contributed by atoms with van der Waals surface area (Å²) in [6, 6.07) is 0. The van der Waals surface area contributed by atoms with Crippen LogP contribution in [0.15, 0.2) is 0 Å². The van der Waals surface area contributed by atoms with Gasteiger partial charge >= 0.3 is 0 Å². The third-order valence-corrected chi connectivity index (χ3v) is 6.11. The van der Waals surface area contributed by atoms with Crippen molar-refractivity contribution >= 4 is 11.8 Å². The molecule has 18 heavy (non-hydrogen) atoms. The van der Waals surface area contributed by atoms with Crippen LogP contribution in [-0.2, 0) is 4.74 Å². The fourth-order valence-electron chi connectivity index (χ4n) is 3.75. The maximum atomic E-state index is 14.7. The highest BCUT2D eigenvalue weighted by Gasteiger charge is 2.44. The van der Waals surface area contributed by atoms with Crippen LogP contribution in [0.1, 0.15) is 32.1 Å². The average Bonchev–Trinajstić information content (AvgIpc) is 2.87. The number of nitrogens with one attached hydrogen (secondary N) is 1. The Bertz CT molecular complexity index is 277. The molecule has 3 unspecified atom stereocenters. The van der Waals surface area contributed by atoms with Crippen molar-refractivity contribution in [1.29, 1.82) is 0 Å². The molecule has 1 N–H and O–H groups in total. The Morgan fingerprint density at radius 3 is 2.78 bits per heavy atom. The Labute approximate surface area is 113 Å². The molecule has 0 aromatic heterocycles. The van der Waals surface area contributed by atoms with Crippen LogP contribution in [0.25, 0.3) is 0 Å².